The molecule has 0 aromatic carbocycles. The van der Waals surface area contributed by atoms with Gasteiger partial charge >= 0.3 is 0 Å². The van der Waals surface area contributed by atoms with Crippen molar-refractivity contribution in [3.8, 4) is 11.7 Å². The van der Waals surface area contributed by atoms with Crippen molar-refractivity contribution in [1.82, 2.24) is 10.1 Å². The second-order valence-electron chi connectivity index (χ2n) is 3.88. The van der Waals surface area contributed by atoms with E-state index in [1.165, 1.54) is 0 Å². The Kier molecular flexibility index (Phi) is 3.58. The first-order chi connectivity index (χ1) is 8.24. The van der Waals surface area contributed by atoms with Crippen molar-refractivity contribution in [3.63, 3.8) is 0 Å². The molecule has 0 fully saturated rings. The predicted molar refractivity (Wildman–Crippen MR) is 61.2 cm³/mol. The van der Waals surface area contributed by atoms with Gasteiger partial charge in [-0.05, 0) is 18.6 Å². The van der Waals surface area contributed by atoms with E-state index < -0.39 is 6.10 Å². The van der Waals surface area contributed by atoms with Gasteiger partial charge in [-0.1, -0.05) is 25.4 Å². The zero-order valence-corrected chi connectivity index (χ0v) is 10.0. The van der Waals surface area contributed by atoms with Gasteiger partial charge in [-0.25, -0.2) is 0 Å². The smallest absolute Gasteiger partial charge is 0.293 e. The van der Waals surface area contributed by atoms with Gasteiger partial charge in [0.05, 0.1) is 0 Å². The Hall–Kier alpha value is -1.62. The van der Waals surface area contributed by atoms with Gasteiger partial charge in [0.25, 0.3) is 5.89 Å². The first-order valence-corrected chi connectivity index (χ1v) is 5.85. The van der Waals surface area contributed by atoms with Crippen LogP contribution in [0.15, 0.2) is 21.1 Å². The number of furan rings is 1. The fraction of sp³-hybridized carbons (Fsp3) is 0.500. The van der Waals surface area contributed by atoms with Crippen molar-refractivity contribution in [2.24, 2.45) is 0 Å². The predicted octanol–water partition coefficient (Wildman–Crippen LogP) is 2.73. The van der Waals surface area contributed by atoms with Crippen LogP contribution in [-0.2, 0) is 6.42 Å². The molecule has 0 radical (unpaired) electrons. The second kappa shape index (κ2) is 5.14. The van der Waals surface area contributed by atoms with Crippen LogP contribution < -0.4 is 0 Å². The molecule has 2 rings (SSSR count). The highest BCUT2D eigenvalue weighted by molar-refractivity contribution is 5.44. The average molecular weight is 236 g/mol. The molecule has 0 aliphatic rings. The Morgan fingerprint density at radius 1 is 1.35 bits per heavy atom. The van der Waals surface area contributed by atoms with Gasteiger partial charge in [0, 0.05) is 6.42 Å². The summed E-state index contributed by atoms with van der Waals surface area (Å²) in [5.74, 6) is 2.05. The summed E-state index contributed by atoms with van der Waals surface area (Å²) in [4.78, 5) is 4.13. The molecule has 2 aromatic heterocycles. The van der Waals surface area contributed by atoms with Gasteiger partial charge in [0.1, 0.15) is 11.9 Å². The lowest BCUT2D eigenvalue weighted by Gasteiger charge is -2.00. The summed E-state index contributed by atoms with van der Waals surface area (Å²) in [7, 11) is 0. The Morgan fingerprint density at radius 2 is 2.18 bits per heavy atom. The molecule has 0 saturated carbocycles. The van der Waals surface area contributed by atoms with E-state index >= 15 is 0 Å². The first-order valence-electron chi connectivity index (χ1n) is 5.85. The highest BCUT2D eigenvalue weighted by Crippen LogP contribution is 2.23. The van der Waals surface area contributed by atoms with Crippen molar-refractivity contribution < 1.29 is 14.0 Å². The lowest BCUT2D eigenvalue weighted by atomic mass is 10.2. The largest absolute Gasteiger partial charge is 0.456 e. The van der Waals surface area contributed by atoms with Crippen LogP contribution in [0.25, 0.3) is 11.7 Å². The summed E-state index contributed by atoms with van der Waals surface area (Å²) in [6.07, 6.45) is 1.64. The van der Waals surface area contributed by atoms with E-state index in [9.17, 15) is 5.11 Å². The molecule has 92 valence electrons. The molecule has 5 heteroatoms. The van der Waals surface area contributed by atoms with Crippen LogP contribution in [0, 0.1) is 0 Å². The summed E-state index contributed by atoms with van der Waals surface area (Å²) in [5, 5.41) is 13.5. The lowest BCUT2D eigenvalue weighted by Crippen LogP contribution is -1.98. The van der Waals surface area contributed by atoms with Crippen molar-refractivity contribution in [1.29, 1.82) is 0 Å². The minimum atomic E-state index is -0.668. The Bertz CT molecular complexity index is 476. The molecule has 0 aliphatic carbocycles. The number of hydrogen-bond acceptors (Lipinski definition) is 5. The van der Waals surface area contributed by atoms with Crippen LogP contribution in [0.5, 0.6) is 0 Å². The van der Waals surface area contributed by atoms with E-state index in [1.54, 1.807) is 6.07 Å². The number of aromatic nitrogens is 2. The third-order valence-corrected chi connectivity index (χ3v) is 2.52. The highest BCUT2D eigenvalue weighted by Gasteiger charge is 2.17. The van der Waals surface area contributed by atoms with E-state index in [0.29, 0.717) is 23.9 Å². The summed E-state index contributed by atoms with van der Waals surface area (Å²) in [6.45, 7) is 4.00. The average Bonchev–Trinajstić information content (AvgIpc) is 2.98. The fourth-order valence-electron chi connectivity index (χ4n) is 1.56. The van der Waals surface area contributed by atoms with Crippen molar-refractivity contribution in [3.05, 3.63) is 23.7 Å². The normalized spacial score (nSPS) is 12.9. The quantitative estimate of drug-likeness (QED) is 0.864. The number of aliphatic hydroxyl groups excluding tert-OH is 1. The number of hydrogen-bond donors (Lipinski definition) is 1. The molecular weight excluding hydrogens is 220 g/mol. The molecule has 0 amide bonds. The number of nitrogens with zero attached hydrogens (tertiary/aromatic N) is 2. The van der Waals surface area contributed by atoms with Gasteiger partial charge in [0.2, 0.25) is 5.82 Å². The van der Waals surface area contributed by atoms with Crippen molar-refractivity contribution in [2.75, 3.05) is 0 Å². The molecule has 5 nitrogen and oxygen atoms in total. The zero-order chi connectivity index (χ0) is 12.3. The van der Waals surface area contributed by atoms with Crippen LogP contribution in [0.4, 0.5) is 0 Å². The molecule has 0 bridgehead atoms. The molecule has 1 atom stereocenters. The van der Waals surface area contributed by atoms with E-state index in [0.717, 1.165) is 18.6 Å². The molecule has 0 saturated heterocycles. The molecule has 0 aliphatic heterocycles. The number of aliphatic hydroxyl groups is 1. The third kappa shape index (κ3) is 2.55. The molecule has 2 heterocycles. The standard InChI is InChI=1S/C12H16N2O3/c1-3-5-9(15)11-13-12(17-14-11)10-7-6-8(4-2)16-10/h6-7,9,15H,3-5H2,1-2H3. The van der Waals surface area contributed by atoms with E-state index in [1.807, 2.05) is 19.9 Å². The number of aryl methyl sites for hydroxylation is 1. The van der Waals surface area contributed by atoms with Crippen molar-refractivity contribution >= 4 is 0 Å². The second-order valence-corrected chi connectivity index (χ2v) is 3.88. The monoisotopic (exact) mass is 236 g/mol. The lowest BCUT2D eigenvalue weighted by molar-refractivity contribution is 0.153. The minimum absolute atomic E-state index is 0.315. The van der Waals surface area contributed by atoms with Gasteiger partial charge in [-0.2, -0.15) is 4.98 Å². The fourth-order valence-corrected chi connectivity index (χ4v) is 1.56. The Labute approximate surface area is 99.5 Å². The summed E-state index contributed by atoms with van der Waals surface area (Å²) < 4.78 is 10.6. The Balaban J connectivity index is 2.17. The summed E-state index contributed by atoms with van der Waals surface area (Å²) in [5.41, 5.74) is 0. The molecule has 0 spiro atoms. The summed E-state index contributed by atoms with van der Waals surface area (Å²) >= 11 is 0. The van der Waals surface area contributed by atoms with Gasteiger partial charge < -0.3 is 14.0 Å². The SMILES string of the molecule is CCCC(O)c1noc(-c2ccc(CC)o2)n1. The van der Waals surface area contributed by atoms with Crippen LogP contribution in [0.1, 0.15) is 44.4 Å². The highest BCUT2D eigenvalue weighted by atomic mass is 16.5. The summed E-state index contributed by atoms with van der Waals surface area (Å²) in [6, 6.07) is 3.67. The molecule has 1 unspecified atom stereocenters. The van der Waals surface area contributed by atoms with Crippen LogP contribution in [-0.4, -0.2) is 15.2 Å². The minimum Gasteiger partial charge on any atom is -0.456 e. The molecular formula is C12H16N2O3. The topological polar surface area (TPSA) is 72.3 Å². The Morgan fingerprint density at radius 3 is 2.82 bits per heavy atom. The molecule has 1 N–H and O–H groups in total. The van der Waals surface area contributed by atoms with Crippen LogP contribution in [0.3, 0.4) is 0 Å². The van der Waals surface area contributed by atoms with E-state index in [2.05, 4.69) is 10.1 Å². The zero-order valence-electron chi connectivity index (χ0n) is 10.0. The van der Waals surface area contributed by atoms with E-state index in [4.69, 9.17) is 8.94 Å². The van der Waals surface area contributed by atoms with Gasteiger partial charge in [-0.3, -0.25) is 0 Å². The van der Waals surface area contributed by atoms with Crippen LogP contribution in [0.2, 0.25) is 0 Å². The van der Waals surface area contributed by atoms with Crippen molar-refractivity contribution in [2.45, 2.75) is 39.2 Å². The molecule has 17 heavy (non-hydrogen) atoms. The third-order valence-electron chi connectivity index (χ3n) is 2.52. The van der Waals surface area contributed by atoms with Crippen LogP contribution >= 0.6 is 0 Å². The maximum absolute atomic E-state index is 9.72. The first kappa shape index (κ1) is 11.9. The number of rotatable bonds is 5. The van der Waals surface area contributed by atoms with Gasteiger partial charge in [0.15, 0.2) is 5.76 Å². The molecule has 2 aromatic rings. The maximum atomic E-state index is 9.72. The van der Waals surface area contributed by atoms with E-state index in [-0.39, 0.29) is 0 Å². The maximum Gasteiger partial charge on any atom is 0.293 e. The van der Waals surface area contributed by atoms with Gasteiger partial charge in [-0.15, -0.1) is 0 Å².